The first-order valence-corrected chi connectivity index (χ1v) is 6.78. The third-order valence-electron chi connectivity index (χ3n) is 2.72. The van der Waals surface area contributed by atoms with E-state index in [2.05, 4.69) is 26.3 Å². The lowest BCUT2D eigenvalue weighted by Crippen LogP contribution is -2.29. The van der Waals surface area contributed by atoms with Crippen LogP contribution in [0.1, 0.15) is 17.2 Å². The first kappa shape index (κ1) is 14.4. The maximum absolute atomic E-state index is 13.3. The molecular formula is C13H12BrClFN3. The van der Waals surface area contributed by atoms with Gasteiger partial charge in [-0.3, -0.25) is 11.3 Å². The van der Waals surface area contributed by atoms with Crippen molar-refractivity contribution >= 4 is 27.5 Å². The molecule has 0 saturated carbocycles. The van der Waals surface area contributed by atoms with Crippen LogP contribution in [0, 0.1) is 5.82 Å². The number of nitrogens with zero attached hydrogens (tertiary/aromatic N) is 1. The second-order valence-electron chi connectivity index (χ2n) is 4.12. The number of benzene rings is 1. The second-order valence-corrected chi connectivity index (χ2v) is 5.42. The minimum Gasteiger partial charge on any atom is -0.271 e. The van der Waals surface area contributed by atoms with Gasteiger partial charge in [-0.1, -0.05) is 33.6 Å². The summed E-state index contributed by atoms with van der Waals surface area (Å²) in [5.74, 6) is 5.27. The Balaban J connectivity index is 2.21. The number of rotatable bonds is 4. The summed E-state index contributed by atoms with van der Waals surface area (Å²) >= 11 is 9.01. The molecular weight excluding hydrogens is 333 g/mol. The number of halogens is 3. The van der Waals surface area contributed by atoms with Gasteiger partial charge in [0.15, 0.2) is 0 Å². The molecule has 0 saturated heterocycles. The largest absolute Gasteiger partial charge is 0.271 e. The van der Waals surface area contributed by atoms with Gasteiger partial charge >= 0.3 is 0 Å². The molecule has 0 bridgehead atoms. The molecule has 0 aliphatic rings. The molecule has 0 spiro atoms. The van der Waals surface area contributed by atoms with Crippen molar-refractivity contribution < 1.29 is 4.39 Å². The van der Waals surface area contributed by atoms with E-state index in [1.165, 1.54) is 12.1 Å². The smallest absolute Gasteiger partial charge is 0.129 e. The molecule has 1 aromatic heterocycles. The fourth-order valence-electron chi connectivity index (χ4n) is 1.83. The standard InChI is InChI=1S/C13H12BrClFN3/c14-10-3-8(4-11(16)6-10)5-12(19-17)9-1-2-13(15)18-7-9/h1-4,6-7,12,19H,5,17H2. The zero-order chi connectivity index (χ0) is 13.8. The van der Waals surface area contributed by atoms with Crippen molar-refractivity contribution in [2.24, 2.45) is 5.84 Å². The molecule has 1 atom stereocenters. The maximum Gasteiger partial charge on any atom is 0.129 e. The average Bonchev–Trinajstić information content (AvgIpc) is 2.36. The topological polar surface area (TPSA) is 50.9 Å². The van der Waals surface area contributed by atoms with Crippen LogP contribution in [0.25, 0.3) is 0 Å². The summed E-state index contributed by atoms with van der Waals surface area (Å²) in [5, 5.41) is 0.424. The molecule has 1 unspecified atom stereocenters. The lowest BCUT2D eigenvalue weighted by atomic mass is 10.0. The fourth-order valence-corrected chi connectivity index (χ4v) is 2.46. The summed E-state index contributed by atoms with van der Waals surface area (Å²) in [6.07, 6.45) is 2.21. The monoisotopic (exact) mass is 343 g/mol. The number of aromatic nitrogens is 1. The number of hydrogen-bond acceptors (Lipinski definition) is 3. The molecule has 1 aromatic carbocycles. The van der Waals surface area contributed by atoms with Gasteiger partial charge in [-0.2, -0.15) is 0 Å². The zero-order valence-electron chi connectivity index (χ0n) is 9.91. The highest BCUT2D eigenvalue weighted by atomic mass is 79.9. The Hall–Kier alpha value is -1.01. The van der Waals surface area contributed by atoms with E-state index in [1.807, 2.05) is 12.1 Å². The van der Waals surface area contributed by atoms with Gasteiger partial charge in [0.1, 0.15) is 11.0 Å². The van der Waals surface area contributed by atoms with E-state index >= 15 is 0 Å². The molecule has 3 N–H and O–H groups in total. The molecule has 100 valence electrons. The van der Waals surface area contributed by atoms with Crippen molar-refractivity contribution in [2.75, 3.05) is 0 Å². The third-order valence-corrected chi connectivity index (χ3v) is 3.40. The van der Waals surface area contributed by atoms with E-state index < -0.39 is 0 Å². The quantitative estimate of drug-likeness (QED) is 0.508. The highest BCUT2D eigenvalue weighted by Crippen LogP contribution is 2.21. The van der Waals surface area contributed by atoms with Gasteiger partial charge in [0.2, 0.25) is 0 Å². The van der Waals surface area contributed by atoms with E-state index in [1.54, 1.807) is 12.3 Å². The molecule has 2 rings (SSSR count). The summed E-state index contributed by atoms with van der Waals surface area (Å²) in [4.78, 5) is 4.01. The molecule has 0 amide bonds. The average molecular weight is 345 g/mol. The van der Waals surface area contributed by atoms with Crippen molar-refractivity contribution in [1.29, 1.82) is 0 Å². The molecule has 3 nitrogen and oxygen atoms in total. The summed E-state index contributed by atoms with van der Waals surface area (Å²) in [7, 11) is 0. The van der Waals surface area contributed by atoms with Gasteiger partial charge in [-0.05, 0) is 41.8 Å². The molecule has 0 radical (unpaired) electrons. The molecule has 0 aliphatic carbocycles. The van der Waals surface area contributed by atoms with Crippen molar-refractivity contribution in [3.63, 3.8) is 0 Å². The van der Waals surface area contributed by atoms with E-state index in [0.29, 0.717) is 16.0 Å². The van der Waals surface area contributed by atoms with Crippen LogP contribution in [0.3, 0.4) is 0 Å². The predicted octanol–water partition coefficient (Wildman–Crippen LogP) is 3.38. The first-order valence-electron chi connectivity index (χ1n) is 5.61. The molecule has 19 heavy (non-hydrogen) atoms. The van der Waals surface area contributed by atoms with Gasteiger partial charge in [0.25, 0.3) is 0 Å². The fraction of sp³-hybridized carbons (Fsp3) is 0.154. The minimum absolute atomic E-state index is 0.154. The van der Waals surface area contributed by atoms with Crippen LogP contribution in [0.2, 0.25) is 5.15 Å². The van der Waals surface area contributed by atoms with Crippen molar-refractivity contribution in [1.82, 2.24) is 10.4 Å². The van der Waals surface area contributed by atoms with Crippen LogP contribution in [-0.2, 0) is 6.42 Å². The molecule has 2 aromatic rings. The molecule has 0 fully saturated rings. The number of nitrogens with one attached hydrogen (secondary N) is 1. The second kappa shape index (κ2) is 6.43. The highest BCUT2D eigenvalue weighted by Gasteiger charge is 2.12. The maximum atomic E-state index is 13.3. The minimum atomic E-state index is -0.283. The van der Waals surface area contributed by atoms with Gasteiger partial charge in [-0.15, -0.1) is 0 Å². The Morgan fingerprint density at radius 1 is 1.37 bits per heavy atom. The highest BCUT2D eigenvalue weighted by molar-refractivity contribution is 9.10. The Bertz CT molecular complexity index is 542. The summed E-state index contributed by atoms with van der Waals surface area (Å²) in [6.45, 7) is 0. The van der Waals surface area contributed by atoms with Crippen molar-refractivity contribution in [3.8, 4) is 0 Å². The summed E-state index contributed by atoms with van der Waals surface area (Å²) in [5.41, 5.74) is 4.44. The predicted molar refractivity (Wildman–Crippen MR) is 77.1 cm³/mol. The van der Waals surface area contributed by atoms with E-state index in [0.717, 1.165) is 11.1 Å². The Morgan fingerprint density at radius 3 is 2.74 bits per heavy atom. The van der Waals surface area contributed by atoms with Gasteiger partial charge < -0.3 is 0 Å². The van der Waals surface area contributed by atoms with Crippen molar-refractivity contribution in [3.05, 3.63) is 63.1 Å². The Morgan fingerprint density at radius 2 is 2.16 bits per heavy atom. The number of pyridine rings is 1. The normalized spacial score (nSPS) is 12.4. The van der Waals surface area contributed by atoms with Gasteiger partial charge in [0.05, 0.1) is 6.04 Å². The lowest BCUT2D eigenvalue weighted by molar-refractivity contribution is 0.547. The number of nitrogens with two attached hydrogens (primary N) is 1. The van der Waals surface area contributed by atoms with E-state index in [-0.39, 0.29) is 11.9 Å². The molecule has 0 aliphatic heterocycles. The Kier molecular flexibility index (Phi) is 4.87. The van der Waals surface area contributed by atoms with E-state index in [9.17, 15) is 4.39 Å². The molecule has 6 heteroatoms. The van der Waals surface area contributed by atoms with Crippen LogP contribution < -0.4 is 11.3 Å². The van der Waals surface area contributed by atoms with Crippen LogP contribution in [-0.4, -0.2) is 4.98 Å². The van der Waals surface area contributed by atoms with Crippen molar-refractivity contribution in [2.45, 2.75) is 12.5 Å². The number of hydrazine groups is 1. The van der Waals surface area contributed by atoms with Crippen LogP contribution in [0.5, 0.6) is 0 Å². The Labute approximate surface area is 124 Å². The SMILES string of the molecule is NNC(Cc1cc(F)cc(Br)c1)c1ccc(Cl)nc1. The van der Waals surface area contributed by atoms with Gasteiger partial charge in [0, 0.05) is 10.7 Å². The summed E-state index contributed by atoms with van der Waals surface area (Å²) < 4.78 is 14.0. The van der Waals surface area contributed by atoms with E-state index in [4.69, 9.17) is 17.4 Å². The van der Waals surface area contributed by atoms with Crippen LogP contribution in [0.4, 0.5) is 4.39 Å². The first-order chi connectivity index (χ1) is 9.08. The van der Waals surface area contributed by atoms with Gasteiger partial charge in [-0.25, -0.2) is 9.37 Å². The zero-order valence-corrected chi connectivity index (χ0v) is 12.2. The lowest BCUT2D eigenvalue weighted by Gasteiger charge is -2.16. The summed E-state index contributed by atoms with van der Waals surface area (Å²) in [6, 6.07) is 8.14. The number of hydrogen-bond donors (Lipinski definition) is 2. The van der Waals surface area contributed by atoms with Crippen LogP contribution >= 0.6 is 27.5 Å². The van der Waals surface area contributed by atoms with Crippen LogP contribution in [0.15, 0.2) is 41.0 Å². The molecule has 1 heterocycles. The third kappa shape index (κ3) is 3.98.